The van der Waals surface area contributed by atoms with E-state index in [0.29, 0.717) is 12.6 Å². The van der Waals surface area contributed by atoms with E-state index >= 15 is 0 Å². The highest BCUT2D eigenvalue weighted by Crippen LogP contribution is 2.26. The van der Waals surface area contributed by atoms with Gasteiger partial charge in [0, 0.05) is 11.6 Å². The first-order valence-electron chi connectivity index (χ1n) is 6.90. The Labute approximate surface area is 114 Å². The number of carbonyl (C=O) groups is 1. The molecule has 0 saturated heterocycles. The Morgan fingerprint density at radius 3 is 2.84 bits per heavy atom. The number of benzene rings is 1. The molecule has 2 rings (SSSR count). The summed E-state index contributed by atoms with van der Waals surface area (Å²) in [4.78, 5) is 11.8. The number of hydrogen-bond donors (Lipinski definition) is 2. The van der Waals surface area contributed by atoms with Crippen molar-refractivity contribution in [2.45, 2.75) is 45.7 Å². The zero-order valence-corrected chi connectivity index (χ0v) is 11.8. The molecule has 104 valence electrons. The second-order valence-corrected chi connectivity index (χ2v) is 5.09. The molecule has 1 unspecified atom stereocenters. The summed E-state index contributed by atoms with van der Waals surface area (Å²) < 4.78 is 5.62. The van der Waals surface area contributed by atoms with Gasteiger partial charge < -0.3 is 15.4 Å². The molecule has 0 spiro atoms. The number of carbonyl (C=O) groups excluding carboxylic acids is 1. The lowest BCUT2D eigenvalue weighted by atomic mass is 10.0. The summed E-state index contributed by atoms with van der Waals surface area (Å²) in [6.07, 6.45) is 2.19. The van der Waals surface area contributed by atoms with Crippen molar-refractivity contribution in [3.05, 3.63) is 29.3 Å². The van der Waals surface area contributed by atoms with Crippen LogP contribution in [-0.4, -0.2) is 18.7 Å². The fraction of sp³-hybridized carbons (Fsp3) is 0.533. The van der Waals surface area contributed by atoms with Crippen molar-refractivity contribution in [3.63, 3.8) is 0 Å². The summed E-state index contributed by atoms with van der Waals surface area (Å²) in [5.74, 6) is 0.840. The van der Waals surface area contributed by atoms with Crippen LogP contribution in [0.25, 0.3) is 0 Å². The zero-order chi connectivity index (χ0) is 13.8. The fourth-order valence-corrected chi connectivity index (χ4v) is 2.02. The van der Waals surface area contributed by atoms with Crippen LogP contribution in [0.15, 0.2) is 18.2 Å². The number of rotatable bonds is 5. The first kappa shape index (κ1) is 13.7. The summed E-state index contributed by atoms with van der Waals surface area (Å²) >= 11 is 0. The molecule has 1 saturated carbocycles. The van der Waals surface area contributed by atoms with Crippen molar-refractivity contribution >= 4 is 6.03 Å². The summed E-state index contributed by atoms with van der Waals surface area (Å²) in [7, 11) is 0. The fourth-order valence-electron chi connectivity index (χ4n) is 2.02. The van der Waals surface area contributed by atoms with Gasteiger partial charge in [-0.1, -0.05) is 17.7 Å². The Kier molecular flexibility index (Phi) is 4.30. The Morgan fingerprint density at radius 1 is 1.47 bits per heavy atom. The molecule has 1 atom stereocenters. The van der Waals surface area contributed by atoms with E-state index in [4.69, 9.17) is 4.74 Å². The SMILES string of the molecule is CCOc1ccc(C)cc1C(C)NC(=O)NC1CC1. The summed E-state index contributed by atoms with van der Waals surface area (Å²) in [6.45, 7) is 6.60. The van der Waals surface area contributed by atoms with Gasteiger partial charge >= 0.3 is 6.03 Å². The quantitative estimate of drug-likeness (QED) is 0.857. The van der Waals surface area contributed by atoms with E-state index in [9.17, 15) is 4.79 Å². The van der Waals surface area contributed by atoms with Gasteiger partial charge in [-0.15, -0.1) is 0 Å². The molecule has 4 nitrogen and oxygen atoms in total. The molecule has 2 amide bonds. The van der Waals surface area contributed by atoms with E-state index in [0.717, 1.165) is 29.7 Å². The van der Waals surface area contributed by atoms with Crippen LogP contribution in [0, 0.1) is 6.92 Å². The van der Waals surface area contributed by atoms with Crippen LogP contribution < -0.4 is 15.4 Å². The molecule has 0 radical (unpaired) electrons. The van der Waals surface area contributed by atoms with E-state index in [1.165, 1.54) is 0 Å². The van der Waals surface area contributed by atoms with Gasteiger partial charge in [0.05, 0.1) is 12.6 Å². The monoisotopic (exact) mass is 262 g/mol. The maximum absolute atomic E-state index is 11.8. The van der Waals surface area contributed by atoms with Gasteiger partial charge in [0.15, 0.2) is 0 Å². The molecule has 19 heavy (non-hydrogen) atoms. The Bertz CT molecular complexity index is 455. The highest BCUT2D eigenvalue weighted by molar-refractivity contribution is 5.75. The third kappa shape index (κ3) is 3.88. The Morgan fingerprint density at radius 2 is 2.21 bits per heavy atom. The summed E-state index contributed by atoms with van der Waals surface area (Å²) in [6, 6.07) is 6.25. The lowest BCUT2D eigenvalue weighted by molar-refractivity contribution is 0.237. The molecule has 4 heteroatoms. The molecular formula is C15H22N2O2. The maximum atomic E-state index is 11.8. The molecule has 1 aromatic rings. The third-order valence-electron chi connectivity index (χ3n) is 3.19. The van der Waals surface area contributed by atoms with Crippen molar-refractivity contribution in [1.29, 1.82) is 0 Å². The van der Waals surface area contributed by atoms with Gasteiger partial charge in [-0.25, -0.2) is 4.79 Å². The standard InChI is InChI=1S/C15H22N2O2/c1-4-19-14-8-5-10(2)9-13(14)11(3)16-15(18)17-12-6-7-12/h5,8-9,11-12H,4,6-7H2,1-3H3,(H2,16,17,18). The van der Waals surface area contributed by atoms with Gasteiger partial charge in [0.2, 0.25) is 0 Å². The van der Waals surface area contributed by atoms with Crippen molar-refractivity contribution in [2.75, 3.05) is 6.61 Å². The first-order valence-corrected chi connectivity index (χ1v) is 6.90. The molecule has 1 aliphatic rings. The van der Waals surface area contributed by atoms with Crippen LogP contribution in [0.1, 0.15) is 43.9 Å². The van der Waals surface area contributed by atoms with Crippen molar-refractivity contribution in [1.82, 2.24) is 10.6 Å². The van der Waals surface area contributed by atoms with Gasteiger partial charge in [-0.3, -0.25) is 0 Å². The molecule has 1 fully saturated rings. The molecule has 0 aliphatic heterocycles. The largest absolute Gasteiger partial charge is 0.494 e. The molecule has 1 aromatic carbocycles. The van der Waals surface area contributed by atoms with Crippen LogP contribution in [0.3, 0.4) is 0 Å². The minimum Gasteiger partial charge on any atom is -0.494 e. The predicted molar refractivity (Wildman–Crippen MR) is 75.5 cm³/mol. The zero-order valence-electron chi connectivity index (χ0n) is 11.8. The van der Waals surface area contributed by atoms with E-state index < -0.39 is 0 Å². The van der Waals surface area contributed by atoms with Crippen molar-refractivity contribution in [2.24, 2.45) is 0 Å². The number of amides is 2. The lowest BCUT2D eigenvalue weighted by Crippen LogP contribution is -2.38. The molecule has 0 aromatic heterocycles. The summed E-state index contributed by atoms with van der Waals surface area (Å²) in [5, 5.41) is 5.89. The molecule has 0 bridgehead atoms. The minimum atomic E-state index is -0.0982. The number of aryl methyl sites for hydroxylation is 1. The number of nitrogens with one attached hydrogen (secondary N) is 2. The summed E-state index contributed by atoms with van der Waals surface area (Å²) in [5.41, 5.74) is 2.18. The van der Waals surface area contributed by atoms with Crippen LogP contribution in [0.5, 0.6) is 5.75 Å². The van der Waals surface area contributed by atoms with Crippen LogP contribution in [0.2, 0.25) is 0 Å². The van der Waals surface area contributed by atoms with Gasteiger partial charge in [0.25, 0.3) is 0 Å². The average Bonchev–Trinajstić information content (AvgIpc) is 3.15. The van der Waals surface area contributed by atoms with Crippen molar-refractivity contribution < 1.29 is 9.53 Å². The highest BCUT2D eigenvalue weighted by Gasteiger charge is 2.24. The number of hydrogen-bond acceptors (Lipinski definition) is 2. The van der Waals surface area contributed by atoms with E-state index in [1.54, 1.807) is 0 Å². The third-order valence-corrected chi connectivity index (χ3v) is 3.19. The number of urea groups is 1. The van der Waals surface area contributed by atoms with E-state index in [1.807, 2.05) is 32.9 Å². The normalized spacial score (nSPS) is 15.7. The Balaban J connectivity index is 2.05. The maximum Gasteiger partial charge on any atom is 0.315 e. The van der Waals surface area contributed by atoms with Crippen LogP contribution in [-0.2, 0) is 0 Å². The van der Waals surface area contributed by atoms with Gasteiger partial charge in [0.1, 0.15) is 5.75 Å². The average molecular weight is 262 g/mol. The highest BCUT2D eigenvalue weighted by atomic mass is 16.5. The van der Waals surface area contributed by atoms with Gasteiger partial charge in [-0.2, -0.15) is 0 Å². The molecule has 0 heterocycles. The molecule has 1 aliphatic carbocycles. The second kappa shape index (κ2) is 5.95. The Hall–Kier alpha value is -1.71. The minimum absolute atomic E-state index is 0.0693. The second-order valence-electron chi connectivity index (χ2n) is 5.09. The van der Waals surface area contributed by atoms with Crippen LogP contribution in [0.4, 0.5) is 4.79 Å². The van der Waals surface area contributed by atoms with Gasteiger partial charge in [-0.05, 0) is 39.7 Å². The van der Waals surface area contributed by atoms with E-state index in [2.05, 4.69) is 16.7 Å². The topological polar surface area (TPSA) is 50.4 Å². The molecular weight excluding hydrogens is 240 g/mol. The predicted octanol–water partition coefficient (Wildman–Crippen LogP) is 2.92. The van der Waals surface area contributed by atoms with Crippen LogP contribution >= 0.6 is 0 Å². The van der Waals surface area contributed by atoms with E-state index in [-0.39, 0.29) is 12.1 Å². The first-order chi connectivity index (χ1) is 9.10. The number of ether oxygens (including phenoxy) is 1. The smallest absolute Gasteiger partial charge is 0.315 e. The lowest BCUT2D eigenvalue weighted by Gasteiger charge is -2.19. The van der Waals surface area contributed by atoms with Crippen molar-refractivity contribution in [3.8, 4) is 5.75 Å². The molecule has 2 N–H and O–H groups in total.